The minimum Gasteiger partial charge on any atom is -0.443 e. The summed E-state index contributed by atoms with van der Waals surface area (Å²) in [6.07, 6.45) is 0. The Balaban J connectivity index is 2.95. The zero-order valence-corrected chi connectivity index (χ0v) is 6.49. The largest absolute Gasteiger partial charge is 0.558 e. The SMILES string of the molecule is O=C(O)[P+](=O)c1ccccc1. The van der Waals surface area contributed by atoms with Crippen LogP contribution < -0.4 is 5.30 Å². The van der Waals surface area contributed by atoms with Crippen molar-refractivity contribution in [3.8, 4) is 0 Å². The number of hydrogen-bond donors (Lipinski definition) is 1. The van der Waals surface area contributed by atoms with Crippen LogP contribution in [0.5, 0.6) is 0 Å². The maximum absolute atomic E-state index is 10.9. The molecule has 1 atom stereocenters. The number of carbonyl (C=O) groups is 1. The lowest BCUT2D eigenvalue weighted by Gasteiger charge is -1.80. The zero-order valence-electron chi connectivity index (χ0n) is 5.60. The molecule has 0 saturated carbocycles. The summed E-state index contributed by atoms with van der Waals surface area (Å²) in [7, 11) is -2.27. The van der Waals surface area contributed by atoms with E-state index < -0.39 is 13.5 Å². The van der Waals surface area contributed by atoms with Gasteiger partial charge < -0.3 is 5.11 Å². The Morgan fingerprint density at radius 3 is 2.27 bits per heavy atom. The predicted octanol–water partition coefficient (Wildman–Crippen LogP) is 1.82. The van der Waals surface area contributed by atoms with Gasteiger partial charge in [0.05, 0.1) is 0 Å². The van der Waals surface area contributed by atoms with Gasteiger partial charge in [-0.25, -0.2) is 0 Å². The van der Waals surface area contributed by atoms with Gasteiger partial charge in [-0.3, -0.25) is 0 Å². The minimum atomic E-state index is -2.27. The second kappa shape index (κ2) is 3.26. The van der Waals surface area contributed by atoms with Gasteiger partial charge in [0.2, 0.25) is 5.30 Å². The molecule has 3 nitrogen and oxygen atoms in total. The molecule has 1 unspecified atom stereocenters. The molecule has 0 radical (unpaired) electrons. The Morgan fingerprint density at radius 2 is 1.82 bits per heavy atom. The van der Waals surface area contributed by atoms with Crippen molar-refractivity contribution in [3.05, 3.63) is 30.3 Å². The molecule has 0 aliphatic heterocycles. The second-order valence-corrected chi connectivity index (χ2v) is 3.40. The Hall–Kier alpha value is -1.21. The molecule has 1 aromatic carbocycles. The molecular weight excluding hydrogens is 163 g/mol. The highest BCUT2D eigenvalue weighted by atomic mass is 31.1. The van der Waals surface area contributed by atoms with E-state index in [-0.39, 0.29) is 0 Å². The van der Waals surface area contributed by atoms with Crippen LogP contribution in [0.2, 0.25) is 0 Å². The quantitative estimate of drug-likeness (QED) is 0.687. The van der Waals surface area contributed by atoms with Crippen molar-refractivity contribution in [2.45, 2.75) is 0 Å². The summed E-state index contributed by atoms with van der Waals surface area (Å²) in [6.45, 7) is 0. The number of benzene rings is 1. The standard InChI is InChI=1S/C7H5O3P/c8-7(9)11(10)6-4-2-1-3-5-6/h1-5H/p+1. The van der Waals surface area contributed by atoms with Crippen LogP contribution in [0.1, 0.15) is 0 Å². The molecule has 0 aromatic heterocycles. The minimum absolute atomic E-state index is 0.356. The third-order valence-corrected chi connectivity index (χ3v) is 2.28. The Labute approximate surface area is 64.5 Å². The molecule has 0 amide bonds. The lowest BCUT2D eigenvalue weighted by Crippen LogP contribution is -1.99. The van der Waals surface area contributed by atoms with Gasteiger partial charge in [-0.1, -0.05) is 22.8 Å². The normalized spacial score (nSPS) is 10.7. The van der Waals surface area contributed by atoms with Gasteiger partial charge in [0.15, 0.2) is 0 Å². The monoisotopic (exact) mass is 169 g/mol. The maximum atomic E-state index is 10.9. The molecule has 0 saturated heterocycles. The van der Waals surface area contributed by atoms with Gasteiger partial charge >= 0.3 is 13.5 Å². The molecule has 0 aliphatic rings. The third kappa shape index (κ3) is 1.85. The number of rotatable bonds is 2. The van der Waals surface area contributed by atoms with Crippen molar-refractivity contribution in [1.29, 1.82) is 0 Å². The summed E-state index contributed by atoms with van der Waals surface area (Å²) in [6, 6.07) is 8.13. The van der Waals surface area contributed by atoms with Gasteiger partial charge in [-0.05, 0) is 12.1 Å². The van der Waals surface area contributed by atoms with Crippen molar-refractivity contribution in [2.75, 3.05) is 0 Å². The molecule has 0 fully saturated rings. The van der Waals surface area contributed by atoms with Crippen molar-refractivity contribution in [2.24, 2.45) is 0 Å². The molecule has 0 aliphatic carbocycles. The lowest BCUT2D eigenvalue weighted by molar-refractivity contribution is 0.220. The van der Waals surface area contributed by atoms with Gasteiger partial charge in [-0.2, -0.15) is 4.79 Å². The fourth-order valence-electron chi connectivity index (χ4n) is 0.674. The molecule has 0 heterocycles. The molecule has 1 N–H and O–H groups in total. The summed E-state index contributed by atoms with van der Waals surface area (Å²) < 4.78 is 10.9. The summed E-state index contributed by atoms with van der Waals surface area (Å²) >= 11 is 0. The van der Waals surface area contributed by atoms with Gasteiger partial charge in [0.25, 0.3) is 0 Å². The first-order chi connectivity index (χ1) is 5.22. The first-order valence-electron chi connectivity index (χ1n) is 2.97. The third-order valence-electron chi connectivity index (χ3n) is 1.16. The Morgan fingerprint density at radius 1 is 1.27 bits per heavy atom. The van der Waals surface area contributed by atoms with E-state index >= 15 is 0 Å². The van der Waals surface area contributed by atoms with Crippen molar-refractivity contribution in [1.82, 2.24) is 0 Å². The molecule has 11 heavy (non-hydrogen) atoms. The van der Waals surface area contributed by atoms with Crippen molar-refractivity contribution in [3.63, 3.8) is 0 Å². The van der Waals surface area contributed by atoms with Crippen LogP contribution >= 0.6 is 7.80 Å². The van der Waals surface area contributed by atoms with Crippen LogP contribution in [0.3, 0.4) is 0 Å². The van der Waals surface area contributed by atoms with Crippen LogP contribution in [-0.2, 0) is 4.57 Å². The molecule has 0 spiro atoms. The average Bonchev–Trinajstić information content (AvgIpc) is 2.05. The van der Waals surface area contributed by atoms with E-state index in [9.17, 15) is 9.36 Å². The summed E-state index contributed by atoms with van der Waals surface area (Å²) in [5.74, 6) is 0. The molecule has 0 bridgehead atoms. The number of carboxylic acid groups (broad SMARTS) is 1. The predicted molar refractivity (Wildman–Crippen MR) is 41.7 cm³/mol. The maximum Gasteiger partial charge on any atom is 0.558 e. The van der Waals surface area contributed by atoms with Crippen LogP contribution in [0.25, 0.3) is 0 Å². The zero-order chi connectivity index (χ0) is 8.27. The fourth-order valence-corrected chi connectivity index (χ4v) is 1.34. The lowest BCUT2D eigenvalue weighted by atomic mass is 10.4. The Bertz CT molecular complexity index is 281. The van der Waals surface area contributed by atoms with Crippen LogP contribution in [0.15, 0.2) is 30.3 Å². The molecular formula is C7H6O3P+. The molecule has 56 valence electrons. The van der Waals surface area contributed by atoms with E-state index in [0.29, 0.717) is 5.30 Å². The van der Waals surface area contributed by atoms with Crippen molar-refractivity contribution < 1.29 is 14.5 Å². The first-order valence-corrected chi connectivity index (χ1v) is 4.23. The topological polar surface area (TPSA) is 54.4 Å². The van der Waals surface area contributed by atoms with Gasteiger partial charge in [0.1, 0.15) is 0 Å². The molecule has 1 rings (SSSR count). The average molecular weight is 169 g/mol. The van der Waals surface area contributed by atoms with E-state index in [4.69, 9.17) is 5.11 Å². The van der Waals surface area contributed by atoms with Gasteiger partial charge in [-0.15, -0.1) is 0 Å². The number of hydrogen-bond acceptors (Lipinski definition) is 2. The highest BCUT2D eigenvalue weighted by Crippen LogP contribution is 2.19. The van der Waals surface area contributed by atoms with Crippen LogP contribution in [0.4, 0.5) is 4.79 Å². The highest BCUT2D eigenvalue weighted by molar-refractivity contribution is 7.70. The smallest absolute Gasteiger partial charge is 0.443 e. The van der Waals surface area contributed by atoms with Crippen LogP contribution in [-0.4, -0.2) is 10.8 Å². The Kier molecular flexibility index (Phi) is 2.34. The second-order valence-electron chi connectivity index (χ2n) is 1.91. The van der Waals surface area contributed by atoms with Crippen LogP contribution in [0, 0.1) is 0 Å². The summed E-state index contributed by atoms with van der Waals surface area (Å²) in [5, 5.41) is 8.71. The fraction of sp³-hybridized carbons (Fsp3) is 0. The van der Waals surface area contributed by atoms with E-state index in [1.807, 2.05) is 0 Å². The summed E-state index contributed by atoms with van der Waals surface area (Å²) in [4.78, 5) is 10.2. The summed E-state index contributed by atoms with van der Waals surface area (Å²) in [5.41, 5.74) is -1.27. The highest BCUT2D eigenvalue weighted by Gasteiger charge is 2.29. The molecule has 1 aromatic rings. The van der Waals surface area contributed by atoms with E-state index in [1.165, 1.54) is 12.1 Å². The van der Waals surface area contributed by atoms with E-state index in [1.54, 1.807) is 18.2 Å². The van der Waals surface area contributed by atoms with Crippen molar-refractivity contribution >= 4 is 18.8 Å². The van der Waals surface area contributed by atoms with E-state index in [2.05, 4.69) is 0 Å². The molecule has 4 heteroatoms. The van der Waals surface area contributed by atoms with E-state index in [0.717, 1.165) is 0 Å². The first kappa shape index (κ1) is 7.89. The van der Waals surface area contributed by atoms with Gasteiger partial charge in [0, 0.05) is 0 Å².